The molecule has 0 radical (unpaired) electrons. The third kappa shape index (κ3) is 5.03. The molecule has 4 heterocycles. The number of carbonyl (C=O) groups is 1. The van der Waals surface area contributed by atoms with Crippen molar-refractivity contribution in [3.05, 3.63) is 34.2 Å². The van der Waals surface area contributed by atoms with Gasteiger partial charge in [-0.05, 0) is 23.6 Å². The Morgan fingerprint density at radius 1 is 1.29 bits per heavy atom. The molecule has 0 spiro atoms. The second-order valence-electron chi connectivity index (χ2n) is 7.69. The minimum Gasteiger partial charge on any atom is -0.478 e. The fourth-order valence-corrected chi connectivity index (χ4v) is 4.74. The number of thiophene rings is 1. The summed E-state index contributed by atoms with van der Waals surface area (Å²) in [5.74, 6) is 0.661. The fraction of sp³-hybridized carbons (Fsp3) is 0.450. The second kappa shape index (κ2) is 9.29. The van der Waals surface area contributed by atoms with Crippen molar-refractivity contribution in [2.45, 2.75) is 20.4 Å². The Morgan fingerprint density at radius 3 is 2.65 bits per heavy atom. The predicted molar refractivity (Wildman–Crippen MR) is 120 cm³/mol. The Kier molecular flexibility index (Phi) is 6.49. The SMILES string of the molecule is CC(C)CN(Cc1cc2nc(Cl)nc(N3CCOCC3)c2s1)c1ncc(C(=O)O)cn1. The smallest absolute Gasteiger partial charge is 0.338 e. The lowest BCUT2D eigenvalue weighted by atomic mass is 10.2. The Morgan fingerprint density at radius 2 is 2.00 bits per heavy atom. The molecule has 3 aromatic heterocycles. The maximum absolute atomic E-state index is 11.1. The summed E-state index contributed by atoms with van der Waals surface area (Å²) in [5.41, 5.74) is 0.878. The number of carboxylic acid groups (broad SMARTS) is 1. The molecule has 9 nitrogen and oxygen atoms in total. The van der Waals surface area contributed by atoms with Crippen molar-refractivity contribution < 1.29 is 14.6 Å². The number of anilines is 2. The van der Waals surface area contributed by atoms with Gasteiger partial charge < -0.3 is 19.6 Å². The van der Waals surface area contributed by atoms with E-state index in [1.807, 2.05) is 11.0 Å². The number of ether oxygens (including phenoxy) is 1. The lowest BCUT2D eigenvalue weighted by molar-refractivity contribution is 0.0696. The Labute approximate surface area is 188 Å². The van der Waals surface area contributed by atoms with Gasteiger partial charge in [0.25, 0.3) is 0 Å². The number of halogens is 1. The van der Waals surface area contributed by atoms with E-state index >= 15 is 0 Å². The Bertz CT molecular complexity index is 1070. The molecule has 0 atom stereocenters. The Balaban J connectivity index is 1.65. The average Bonchev–Trinajstić information content (AvgIpc) is 3.15. The highest BCUT2D eigenvalue weighted by Gasteiger charge is 2.21. The predicted octanol–water partition coefficient (Wildman–Crippen LogP) is 3.33. The quantitative estimate of drug-likeness (QED) is 0.529. The lowest BCUT2D eigenvalue weighted by Crippen LogP contribution is -2.36. The third-order valence-corrected chi connectivity index (χ3v) is 6.06. The van der Waals surface area contributed by atoms with Gasteiger partial charge in [-0.2, -0.15) is 4.98 Å². The van der Waals surface area contributed by atoms with Crippen LogP contribution in [0.3, 0.4) is 0 Å². The van der Waals surface area contributed by atoms with Gasteiger partial charge in [0, 0.05) is 36.9 Å². The summed E-state index contributed by atoms with van der Waals surface area (Å²) in [7, 11) is 0. The highest BCUT2D eigenvalue weighted by atomic mass is 35.5. The lowest BCUT2D eigenvalue weighted by Gasteiger charge is -2.28. The van der Waals surface area contributed by atoms with E-state index in [1.165, 1.54) is 12.4 Å². The maximum Gasteiger partial charge on any atom is 0.338 e. The number of aromatic carboxylic acids is 1. The highest BCUT2D eigenvalue weighted by molar-refractivity contribution is 7.19. The first-order valence-electron chi connectivity index (χ1n) is 9.99. The monoisotopic (exact) mass is 462 g/mol. The molecule has 1 aliphatic rings. The number of hydrogen-bond acceptors (Lipinski definition) is 9. The van der Waals surface area contributed by atoms with E-state index < -0.39 is 5.97 Å². The van der Waals surface area contributed by atoms with Gasteiger partial charge in [0.05, 0.1) is 35.5 Å². The first-order chi connectivity index (χ1) is 14.9. The molecule has 31 heavy (non-hydrogen) atoms. The number of morpholine rings is 1. The van der Waals surface area contributed by atoms with Crippen molar-refractivity contribution in [1.29, 1.82) is 0 Å². The van der Waals surface area contributed by atoms with Crippen LogP contribution in [0.2, 0.25) is 5.28 Å². The molecule has 1 fully saturated rings. The summed E-state index contributed by atoms with van der Waals surface area (Å²) in [6.45, 7) is 8.38. The van der Waals surface area contributed by atoms with Crippen LogP contribution in [-0.4, -0.2) is 63.9 Å². The summed E-state index contributed by atoms with van der Waals surface area (Å²) in [4.78, 5) is 33.9. The van der Waals surface area contributed by atoms with Crippen molar-refractivity contribution in [2.24, 2.45) is 5.92 Å². The average molecular weight is 463 g/mol. The van der Waals surface area contributed by atoms with Crippen LogP contribution in [0.15, 0.2) is 18.5 Å². The molecule has 0 unspecified atom stereocenters. The van der Waals surface area contributed by atoms with Crippen LogP contribution in [0.1, 0.15) is 29.1 Å². The van der Waals surface area contributed by atoms with Crippen LogP contribution in [0.4, 0.5) is 11.8 Å². The zero-order chi connectivity index (χ0) is 22.0. The molecule has 11 heteroatoms. The van der Waals surface area contributed by atoms with E-state index in [0.29, 0.717) is 31.6 Å². The number of hydrogen-bond donors (Lipinski definition) is 1. The van der Waals surface area contributed by atoms with Crippen molar-refractivity contribution in [3.63, 3.8) is 0 Å². The standard InChI is InChI=1S/C20H23ClN6O3S/c1-12(2)10-27(20-22-8-13(9-23-20)18(28)29)11-14-7-15-16(31-14)17(25-19(21)24-15)26-3-5-30-6-4-26/h7-9,12H,3-6,10-11H2,1-2H3,(H,28,29). The zero-order valence-electron chi connectivity index (χ0n) is 17.3. The molecular formula is C20H23ClN6O3S. The first kappa shape index (κ1) is 21.7. The van der Waals surface area contributed by atoms with Crippen LogP contribution in [0, 0.1) is 5.92 Å². The summed E-state index contributed by atoms with van der Waals surface area (Å²) < 4.78 is 6.45. The van der Waals surface area contributed by atoms with Gasteiger partial charge in [-0.25, -0.2) is 19.7 Å². The molecular weight excluding hydrogens is 440 g/mol. The molecule has 0 amide bonds. The minimum atomic E-state index is -1.04. The minimum absolute atomic E-state index is 0.0650. The molecule has 1 N–H and O–H groups in total. The topological polar surface area (TPSA) is 105 Å². The van der Waals surface area contributed by atoms with Crippen LogP contribution < -0.4 is 9.80 Å². The van der Waals surface area contributed by atoms with E-state index in [-0.39, 0.29) is 10.8 Å². The molecule has 164 valence electrons. The summed E-state index contributed by atoms with van der Waals surface area (Å²) in [6, 6.07) is 2.02. The maximum atomic E-state index is 11.1. The van der Waals surface area contributed by atoms with E-state index in [1.54, 1.807) is 11.3 Å². The highest BCUT2D eigenvalue weighted by Crippen LogP contribution is 2.34. The molecule has 0 bridgehead atoms. The van der Waals surface area contributed by atoms with E-state index in [0.717, 1.165) is 40.5 Å². The summed E-state index contributed by atoms with van der Waals surface area (Å²) in [6.07, 6.45) is 2.68. The van der Waals surface area contributed by atoms with Gasteiger partial charge in [-0.15, -0.1) is 11.3 Å². The van der Waals surface area contributed by atoms with Gasteiger partial charge in [-0.3, -0.25) is 0 Å². The van der Waals surface area contributed by atoms with Gasteiger partial charge >= 0.3 is 5.97 Å². The zero-order valence-corrected chi connectivity index (χ0v) is 18.9. The normalized spacial score (nSPS) is 14.4. The van der Waals surface area contributed by atoms with Crippen molar-refractivity contribution in [3.8, 4) is 0 Å². The third-order valence-electron chi connectivity index (χ3n) is 4.79. The van der Waals surface area contributed by atoms with Gasteiger partial charge in [-0.1, -0.05) is 13.8 Å². The van der Waals surface area contributed by atoms with Crippen LogP contribution >= 0.6 is 22.9 Å². The van der Waals surface area contributed by atoms with Crippen molar-refractivity contribution in [2.75, 3.05) is 42.6 Å². The Hall–Kier alpha value is -2.56. The number of aromatic nitrogens is 4. The van der Waals surface area contributed by atoms with Gasteiger partial charge in [0.1, 0.15) is 0 Å². The summed E-state index contributed by atoms with van der Waals surface area (Å²) >= 11 is 7.84. The molecule has 4 rings (SSSR count). The number of rotatable bonds is 7. The van der Waals surface area contributed by atoms with Crippen molar-refractivity contribution in [1.82, 2.24) is 19.9 Å². The number of carboxylic acids is 1. The van der Waals surface area contributed by atoms with Crippen LogP contribution in [0.5, 0.6) is 0 Å². The second-order valence-corrected chi connectivity index (χ2v) is 9.17. The molecule has 3 aromatic rings. The van der Waals surface area contributed by atoms with Gasteiger partial charge in [0.2, 0.25) is 11.2 Å². The fourth-order valence-electron chi connectivity index (χ4n) is 3.44. The van der Waals surface area contributed by atoms with E-state index in [9.17, 15) is 4.79 Å². The first-order valence-corrected chi connectivity index (χ1v) is 11.2. The van der Waals surface area contributed by atoms with Crippen molar-refractivity contribution >= 4 is 50.9 Å². The van der Waals surface area contributed by atoms with E-state index in [2.05, 4.69) is 38.7 Å². The van der Waals surface area contributed by atoms with Gasteiger partial charge in [0.15, 0.2) is 5.82 Å². The largest absolute Gasteiger partial charge is 0.478 e. The molecule has 0 aliphatic carbocycles. The molecule has 1 aliphatic heterocycles. The number of fused-ring (bicyclic) bond motifs is 1. The molecule has 0 saturated carbocycles. The van der Waals surface area contributed by atoms with Crippen LogP contribution in [-0.2, 0) is 11.3 Å². The van der Waals surface area contributed by atoms with E-state index in [4.69, 9.17) is 21.4 Å². The summed E-state index contributed by atoms with van der Waals surface area (Å²) in [5, 5.41) is 9.33. The van der Waals surface area contributed by atoms with Crippen LogP contribution in [0.25, 0.3) is 10.2 Å². The number of nitrogens with zero attached hydrogens (tertiary/aromatic N) is 6. The molecule has 1 saturated heterocycles. The molecule has 0 aromatic carbocycles.